The summed E-state index contributed by atoms with van der Waals surface area (Å²) in [4.78, 5) is 15.9. The van der Waals surface area contributed by atoms with Gasteiger partial charge in [-0.15, -0.1) is 5.10 Å². The van der Waals surface area contributed by atoms with Gasteiger partial charge in [0.1, 0.15) is 17.5 Å². The number of aromatic hydroxyl groups is 1. The second-order valence-corrected chi connectivity index (χ2v) is 5.58. The lowest BCUT2D eigenvalue weighted by atomic mass is 10.0. The van der Waals surface area contributed by atoms with Gasteiger partial charge in [-0.25, -0.2) is 9.48 Å². The van der Waals surface area contributed by atoms with Crippen LogP contribution in [0.5, 0.6) is 5.75 Å². The van der Waals surface area contributed by atoms with E-state index in [9.17, 15) is 15.0 Å². The van der Waals surface area contributed by atoms with Crippen LogP contribution in [0.15, 0.2) is 66.4 Å². The van der Waals surface area contributed by atoms with Crippen molar-refractivity contribution in [1.29, 1.82) is 0 Å². The molecule has 1 aliphatic rings. The third-order valence-corrected chi connectivity index (χ3v) is 3.98. The third kappa shape index (κ3) is 2.61. The summed E-state index contributed by atoms with van der Waals surface area (Å²) in [6.45, 7) is 0. The Morgan fingerprint density at radius 1 is 1.08 bits per heavy atom. The van der Waals surface area contributed by atoms with E-state index in [1.807, 2.05) is 30.3 Å². The summed E-state index contributed by atoms with van der Waals surface area (Å²) in [5, 5.41) is 26.8. The van der Waals surface area contributed by atoms with Crippen molar-refractivity contribution >= 4 is 11.9 Å². The maximum atomic E-state index is 11.5. The van der Waals surface area contributed by atoms with Gasteiger partial charge in [-0.3, -0.25) is 0 Å². The van der Waals surface area contributed by atoms with Gasteiger partial charge in [0.25, 0.3) is 0 Å². The summed E-state index contributed by atoms with van der Waals surface area (Å²) >= 11 is 0. The zero-order valence-corrected chi connectivity index (χ0v) is 13.0. The minimum absolute atomic E-state index is 0.00670. The zero-order valence-electron chi connectivity index (χ0n) is 13.0. The molecule has 0 spiro atoms. The van der Waals surface area contributed by atoms with E-state index < -0.39 is 12.0 Å². The van der Waals surface area contributed by atoms with E-state index in [1.54, 1.807) is 28.9 Å². The molecule has 0 fully saturated rings. The van der Waals surface area contributed by atoms with Gasteiger partial charge in [0.05, 0.1) is 0 Å². The third-order valence-electron chi connectivity index (χ3n) is 3.98. The van der Waals surface area contributed by atoms with E-state index in [0.717, 1.165) is 5.56 Å². The van der Waals surface area contributed by atoms with E-state index in [0.29, 0.717) is 17.3 Å². The Bertz CT molecular complexity index is 979. The molecule has 25 heavy (non-hydrogen) atoms. The number of aromatic nitrogens is 3. The van der Waals surface area contributed by atoms with Gasteiger partial charge in [0, 0.05) is 11.1 Å². The van der Waals surface area contributed by atoms with Crippen molar-refractivity contribution < 1.29 is 15.0 Å². The number of phenols is 1. The molecule has 3 N–H and O–H groups in total. The molecular formula is C18H14N4O3. The Kier molecular flexibility index (Phi) is 3.46. The zero-order chi connectivity index (χ0) is 17.4. The van der Waals surface area contributed by atoms with Gasteiger partial charge >= 0.3 is 5.97 Å². The van der Waals surface area contributed by atoms with Crippen LogP contribution in [-0.4, -0.2) is 30.9 Å². The highest BCUT2D eigenvalue weighted by Gasteiger charge is 2.28. The number of para-hydroxylation sites is 1. The molecule has 124 valence electrons. The van der Waals surface area contributed by atoms with Gasteiger partial charge < -0.3 is 15.5 Å². The number of carboxylic acids is 1. The normalized spacial score (nSPS) is 15.8. The Balaban J connectivity index is 1.86. The van der Waals surface area contributed by atoms with Crippen molar-refractivity contribution in [1.82, 2.24) is 14.8 Å². The fourth-order valence-corrected chi connectivity index (χ4v) is 2.79. The summed E-state index contributed by atoms with van der Waals surface area (Å²) in [7, 11) is 0. The maximum absolute atomic E-state index is 11.5. The lowest BCUT2D eigenvalue weighted by Crippen LogP contribution is -2.24. The molecular weight excluding hydrogens is 320 g/mol. The van der Waals surface area contributed by atoms with Crippen molar-refractivity contribution in [2.24, 2.45) is 0 Å². The van der Waals surface area contributed by atoms with Crippen LogP contribution in [0.3, 0.4) is 0 Å². The molecule has 0 bridgehead atoms. The lowest BCUT2D eigenvalue weighted by molar-refractivity contribution is -0.132. The Hall–Kier alpha value is -3.61. The van der Waals surface area contributed by atoms with E-state index in [2.05, 4.69) is 15.4 Å². The van der Waals surface area contributed by atoms with Crippen molar-refractivity contribution in [2.45, 2.75) is 6.04 Å². The first-order valence-corrected chi connectivity index (χ1v) is 7.65. The molecule has 1 atom stereocenters. The van der Waals surface area contributed by atoms with Gasteiger partial charge in [-0.2, -0.15) is 4.98 Å². The average Bonchev–Trinajstić information content (AvgIpc) is 3.06. The molecule has 1 aromatic heterocycles. The van der Waals surface area contributed by atoms with E-state index in [4.69, 9.17) is 0 Å². The van der Waals surface area contributed by atoms with Gasteiger partial charge in [-0.1, -0.05) is 48.5 Å². The van der Waals surface area contributed by atoms with Crippen LogP contribution >= 0.6 is 0 Å². The van der Waals surface area contributed by atoms with E-state index >= 15 is 0 Å². The number of benzene rings is 2. The summed E-state index contributed by atoms with van der Waals surface area (Å²) < 4.78 is 1.57. The number of carboxylic acid groups (broad SMARTS) is 1. The first-order valence-electron chi connectivity index (χ1n) is 7.65. The van der Waals surface area contributed by atoms with Crippen LogP contribution in [0.1, 0.15) is 11.6 Å². The molecule has 7 heteroatoms. The van der Waals surface area contributed by atoms with Gasteiger partial charge in [-0.05, 0) is 12.1 Å². The number of hydrogen-bond acceptors (Lipinski definition) is 5. The Labute approximate surface area is 142 Å². The fourth-order valence-electron chi connectivity index (χ4n) is 2.79. The highest BCUT2D eigenvalue weighted by molar-refractivity contribution is 5.90. The van der Waals surface area contributed by atoms with Crippen molar-refractivity contribution in [3.8, 4) is 17.1 Å². The number of rotatable bonds is 3. The maximum Gasteiger partial charge on any atom is 0.352 e. The molecule has 0 radical (unpaired) electrons. The molecule has 0 saturated heterocycles. The first-order chi connectivity index (χ1) is 12.1. The number of nitrogens with zero attached hydrogens (tertiary/aromatic N) is 3. The Morgan fingerprint density at radius 3 is 2.52 bits per heavy atom. The number of hydrogen-bond donors (Lipinski definition) is 3. The van der Waals surface area contributed by atoms with E-state index in [-0.39, 0.29) is 11.4 Å². The molecule has 0 amide bonds. The highest BCUT2D eigenvalue weighted by atomic mass is 16.4. The number of allylic oxidation sites excluding steroid dienone is 1. The smallest absolute Gasteiger partial charge is 0.352 e. The largest absolute Gasteiger partial charge is 0.508 e. The second kappa shape index (κ2) is 5.79. The van der Waals surface area contributed by atoms with Crippen LogP contribution < -0.4 is 5.32 Å². The molecule has 0 aliphatic carbocycles. The predicted molar refractivity (Wildman–Crippen MR) is 91.0 cm³/mol. The molecule has 0 saturated carbocycles. The predicted octanol–water partition coefficient (Wildman–Crippen LogP) is 2.63. The van der Waals surface area contributed by atoms with Crippen LogP contribution in [0.2, 0.25) is 0 Å². The molecule has 2 aromatic carbocycles. The highest BCUT2D eigenvalue weighted by Crippen LogP contribution is 2.34. The van der Waals surface area contributed by atoms with Gasteiger partial charge in [0.15, 0.2) is 5.82 Å². The Morgan fingerprint density at radius 2 is 1.80 bits per heavy atom. The van der Waals surface area contributed by atoms with Crippen LogP contribution in [-0.2, 0) is 4.79 Å². The summed E-state index contributed by atoms with van der Waals surface area (Å²) in [6, 6.07) is 15.6. The quantitative estimate of drug-likeness (QED) is 0.681. The fraction of sp³-hybridized carbons (Fsp3) is 0.0556. The number of phenolic OH excluding ortho intramolecular Hbond substituents is 1. The number of anilines is 1. The molecule has 0 unspecified atom stereocenters. The monoisotopic (exact) mass is 334 g/mol. The number of carbonyl (C=O) groups is 1. The van der Waals surface area contributed by atoms with Crippen molar-refractivity contribution in [3.05, 3.63) is 71.9 Å². The van der Waals surface area contributed by atoms with E-state index in [1.165, 1.54) is 6.08 Å². The first kappa shape index (κ1) is 14.9. The molecule has 3 aromatic rings. The number of nitrogens with one attached hydrogen (secondary N) is 1. The topological polar surface area (TPSA) is 100 Å². The number of aliphatic carboxylic acids is 1. The lowest BCUT2D eigenvalue weighted by Gasteiger charge is -2.22. The summed E-state index contributed by atoms with van der Waals surface area (Å²) in [6.07, 6.45) is 1.51. The second-order valence-electron chi connectivity index (χ2n) is 5.58. The number of fused-ring (bicyclic) bond motifs is 1. The SMILES string of the molecule is O=C(O)C1=C[C@H](c2ccccc2O)n2nc(-c3ccccc3)nc2N1. The molecule has 1 aliphatic heterocycles. The average molecular weight is 334 g/mol. The molecule has 2 heterocycles. The van der Waals surface area contributed by atoms with Crippen LogP contribution in [0.4, 0.5) is 5.95 Å². The van der Waals surface area contributed by atoms with Crippen molar-refractivity contribution in [2.75, 3.05) is 5.32 Å². The standard InChI is InChI=1S/C18H14N4O3/c23-15-9-5-4-8-12(15)14-10-13(17(24)25)19-18-20-16(21-22(14)18)11-6-2-1-3-7-11/h1-10,14,23H,(H,24,25)(H,19,20,21)/t14-/m1/s1. The minimum atomic E-state index is -1.10. The van der Waals surface area contributed by atoms with Crippen molar-refractivity contribution in [3.63, 3.8) is 0 Å². The van der Waals surface area contributed by atoms with Crippen LogP contribution in [0, 0.1) is 0 Å². The van der Waals surface area contributed by atoms with Crippen LogP contribution in [0.25, 0.3) is 11.4 Å². The summed E-state index contributed by atoms with van der Waals surface area (Å²) in [5.41, 5.74) is 1.36. The summed E-state index contributed by atoms with van der Waals surface area (Å²) in [5.74, 6) is -0.246. The molecule has 7 nitrogen and oxygen atoms in total. The minimum Gasteiger partial charge on any atom is -0.508 e. The molecule has 4 rings (SSSR count). The van der Waals surface area contributed by atoms with Gasteiger partial charge in [0.2, 0.25) is 5.95 Å².